The van der Waals surface area contributed by atoms with Crippen molar-refractivity contribution in [3.05, 3.63) is 65.0 Å². The lowest BCUT2D eigenvalue weighted by Crippen LogP contribution is -2.28. The minimum Gasteiger partial charge on any atom is -0.435 e. The number of hydrogen-bond acceptors (Lipinski definition) is 6. The van der Waals surface area contributed by atoms with Crippen LogP contribution in [0, 0.1) is 0 Å². The highest BCUT2D eigenvalue weighted by molar-refractivity contribution is 6.30. The van der Waals surface area contributed by atoms with Crippen LogP contribution in [0.25, 0.3) is 11.3 Å². The Hall–Kier alpha value is -3.15. The fraction of sp³-hybridized carbons (Fsp3) is 0.250. The monoisotopic (exact) mass is 470 g/mol. The number of rotatable bonds is 8. The summed E-state index contributed by atoms with van der Waals surface area (Å²) in [6, 6.07) is 8.63. The van der Waals surface area contributed by atoms with Crippen molar-refractivity contribution in [1.29, 1.82) is 0 Å². The normalized spacial score (nSPS) is 11.4. The summed E-state index contributed by atoms with van der Waals surface area (Å²) >= 11 is 5.92. The molecule has 2 amide bonds. The number of anilines is 1. The predicted octanol–water partition coefficient (Wildman–Crippen LogP) is 4.24. The number of aromatic nitrogens is 2. The number of ether oxygens (including phenoxy) is 1. The Kier molecular flexibility index (Phi) is 7.67. The summed E-state index contributed by atoms with van der Waals surface area (Å²) < 4.78 is 49.3. The molecule has 0 spiro atoms. The largest absolute Gasteiger partial charge is 0.468 e. The number of pyridine rings is 1. The van der Waals surface area contributed by atoms with Crippen LogP contribution in [0.15, 0.2) is 47.0 Å². The molecule has 2 heterocycles. The van der Waals surface area contributed by atoms with Crippen molar-refractivity contribution < 1.29 is 32.2 Å². The molecule has 32 heavy (non-hydrogen) atoms. The van der Waals surface area contributed by atoms with E-state index in [1.165, 1.54) is 18.3 Å². The van der Waals surface area contributed by atoms with E-state index in [0.717, 1.165) is 0 Å². The van der Waals surface area contributed by atoms with Crippen molar-refractivity contribution in [2.45, 2.75) is 19.3 Å². The van der Waals surface area contributed by atoms with Gasteiger partial charge in [-0.1, -0.05) is 23.7 Å². The fourth-order valence-corrected chi connectivity index (χ4v) is 2.81. The maximum atomic E-state index is 13.1. The number of benzene rings is 1. The van der Waals surface area contributed by atoms with E-state index in [0.29, 0.717) is 22.0 Å². The average Bonchev–Trinajstić information content (AvgIpc) is 3.19. The number of carbonyl (C=O) groups is 1. The van der Waals surface area contributed by atoms with E-state index in [9.17, 15) is 18.0 Å². The van der Waals surface area contributed by atoms with Crippen LogP contribution < -0.4 is 10.6 Å². The summed E-state index contributed by atoms with van der Waals surface area (Å²) in [7, 11) is 0. The highest BCUT2D eigenvalue weighted by Crippen LogP contribution is 2.34. The molecule has 0 radical (unpaired) electrons. The Balaban J connectivity index is 1.66. The number of urea groups is 1. The number of oxazole rings is 1. The number of halogens is 4. The van der Waals surface area contributed by atoms with Crippen molar-refractivity contribution in [2.75, 3.05) is 18.5 Å². The molecule has 170 valence electrons. The van der Waals surface area contributed by atoms with Gasteiger partial charge >= 0.3 is 18.1 Å². The van der Waals surface area contributed by atoms with Crippen molar-refractivity contribution in [2.24, 2.45) is 0 Å². The zero-order valence-electron chi connectivity index (χ0n) is 16.4. The van der Waals surface area contributed by atoms with Crippen LogP contribution in [-0.4, -0.2) is 34.3 Å². The summed E-state index contributed by atoms with van der Waals surface area (Å²) in [4.78, 5) is 19.8. The van der Waals surface area contributed by atoms with Crippen LogP contribution in [0.3, 0.4) is 0 Å². The van der Waals surface area contributed by atoms with Gasteiger partial charge in [-0.25, -0.2) is 9.78 Å². The van der Waals surface area contributed by atoms with Gasteiger partial charge in [0.2, 0.25) is 0 Å². The van der Waals surface area contributed by atoms with E-state index < -0.39 is 18.1 Å². The lowest BCUT2D eigenvalue weighted by atomic mass is 10.1. The van der Waals surface area contributed by atoms with E-state index in [4.69, 9.17) is 25.9 Å². The van der Waals surface area contributed by atoms with Crippen LogP contribution in [0.5, 0.6) is 0 Å². The standard InChI is InChI=1S/C20H18ClF3N4O4/c21-13-3-1-2-12(8-13)17-16(32-18(28-17)20(22,23)24)10-26-19(30)27-14-4-5-15(25-9-14)11-31-7-6-29/h1-5,8-9,29H,6-7,10-11H2,(H2,26,27,30). The fourth-order valence-electron chi connectivity index (χ4n) is 2.62. The molecule has 0 atom stereocenters. The third kappa shape index (κ3) is 6.42. The quantitative estimate of drug-likeness (QED) is 0.425. The van der Waals surface area contributed by atoms with Gasteiger partial charge in [0.1, 0.15) is 5.69 Å². The first-order valence-corrected chi connectivity index (χ1v) is 9.65. The number of hydrogen-bond donors (Lipinski definition) is 3. The summed E-state index contributed by atoms with van der Waals surface area (Å²) in [5.74, 6) is -1.60. The first-order chi connectivity index (χ1) is 15.3. The van der Waals surface area contributed by atoms with Gasteiger partial charge in [-0.15, -0.1) is 0 Å². The molecule has 0 bridgehead atoms. The van der Waals surface area contributed by atoms with Crippen LogP contribution in [-0.2, 0) is 24.1 Å². The summed E-state index contributed by atoms with van der Waals surface area (Å²) in [6.07, 6.45) is -3.40. The minimum absolute atomic E-state index is 0.0750. The molecular formula is C20H18ClF3N4O4. The maximum absolute atomic E-state index is 13.1. The Morgan fingerprint density at radius 1 is 1.25 bits per heavy atom. The van der Waals surface area contributed by atoms with Gasteiger partial charge in [-0.05, 0) is 24.3 Å². The Morgan fingerprint density at radius 3 is 2.72 bits per heavy atom. The molecule has 3 aromatic rings. The number of carbonyl (C=O) groups excluding carboxylic acids is 1. The van der Waals surface area contributed by atoms with Gasteiger partial charge in [0, 0.05) is 10.6 Å². The number of amides is 2. The minimum atomic E-state index is -4.79. The van der Waals surface area contributed by atoms with Gasteiger partial charge in [0.25, 0.3) is 0 Å². The van der Waals surface area contributed by atoms with E-state index in [1.807, 2.05) is 0 Å². The first-order valence-electron chi connectivity index (χ1n) is 9.27. The molecule has 0 saturated heterocycles. The zero-order chi connectivity index (χ0) is 23.1. The second-order valence-corrected chi connectivity index (χ2v) is 6.86. The molecule has 12 heteroatoms. The predicted molar refractivity (Wildman–Crippen MR) is 109 cm³/mol. The SMILES string of the molecule is O=C(NCc1oc(C(F)(F)F)nc1-c1cccc(Cl)c1)Nc1ccc(COCCO)nc1. The van der Waals surface area contributed by atoms with Gasteiger partial charge in [-0.3, -0.25) is 4.98 Å². The lowest BCUT2D eigenvalue weighted by molar-refractivity contribution is -0.157. The molecule has 1 aromatic carbocycles. The van der Waals surface area contributed by atoms with Crippen LogP contribution in [0.2, 0.25) is 5.02 Å². The molecular weight excluding hydrogens is 453 g/mol. The summed E-state index contributed by atoms with van der Waals surface area (Å²) in [6.45, 7) is -0.0724. The first kappa shape index (κ1) is 23.5. The number of alkyl halides is 3. The number of nitrogens with one attached hydrogen (secondary N) is 2. The molecule has 3 rings (SSSR count). The Morgan fingerprint density at radius 2 is 2.06 bits per heavy atom. The lowest BCUT2D eigenvalue weighted by Gasteiger charge is -2.08. The molecule has 2 aromatic heterocycles. The highest BCUT2D eigenvalue weighted by Gasteiger charge is 2.38. The topological polar surface area (TPSA) is 110 Å². The molecule has 0 saturated carbocycles. The molecule has 0 aliphatic rings. The van der Waals surface area contributed by atoms with E-state index >= 15 is 0 Å². The molecule has 8 nitrogen and oxygen atoms in total. The molecule has 0 aliphatic carbocycles. The molecule has 0 unspecified atom stereocenters. The number of aliphatic hydroxyl groups is 1. The highest BCUT2D eigenvalue weighted by atomic mass is 35.5. The second-order valence-electron chi connectivity index (χ2n) is 6.42. The Bertz CT molecular complexity index is 1060. The van der Waals surface area contributed by atoms with Crippen molar-refractivity contribution in [3.63, 3.8) is 0 Å². The zero-order valence-corrected chi connectivity index (χ0v) is 17.2. The van der Waals surface area contributed by atoms with Gasteiger partial charge in [0.15, 0.2) is 5.76 Å². The molecule has 0 aliphatic heterocycles. The third-order valence-corrected chi connectivity index (χ3v) is 4.25. The van der Waals surface area contributed by atoms with Crippen molar-refractivity contribution in [1.82, 2.24) is 15.3 Å². The van der Waals surface area contributed by atoms with Gasteiger partial charge < -0.3 is 24.9 Å². The van der Waals surface area contributed by atoms with Crippen LogP contribution >= 0.6 is 11.6 Å². The molecule has 3 N–H and O–H groups in total. The molecule has 0 fully saturated rings. The number of nitrogens with zero attached hydrogens (tertiary/aromatic N) is 2. The maximum Gasteiger partial charge on any atom is 0.468 e. The third-order valence-electron chi connectivity index (χ3n) is 4.02. The van der Waals surface area contributed by atoms with E-state index in [1.54, 1.807) is 24.3 Å². The van der Waals surface area contributed by atoms with Gasteiger partial charge in [0.05, 0.1) is 43.9 Å². The van der Waals surface area contributed by atoms with Crippen LogP contribution in [0.1, 0.15) is 17.3 Å². The summed E-state index contributed by atoms with van der Waals surface area (Å²) in [5, 5.41) is 13.9. The van der Waals surface area contributed by atoms with Crippen molar-refractivity contribution >= 4 is 23.3 Å². The smallest absolute Gasteiger partial charge is 0.435 e. The number of aliphatic hydroxyl groups excluding tert-OH is 1. The van der Waals surface area contributed by atoms with Gasteiger partial charge in [-0.2, -0.15) is 13.2 Å². The summed E-state index contributed by atoms with van der Waals surface area (Å²) in [5.41, 5.74) is 1.19. The second kappa shape index (κ2) is 10.4. The average molecular weight is 471 g/mol. The van der Waals surface area contributed by atoms with E-state index in [2.05, 4.69) is 20.6 Å². The van der Waals surface area contributed by atoms with E-state index in [-0.39, 0.29) is 37.8 Å². The van der Waals surface area contributed by atoms with Crippen molar-refractivity contribution in [3.8, 4) is 11.3 Å². The Labute approximate surface area is 185 Å². The van der Waals surface area contributed by atoms with Crippen LogP contribution in [0.4, 0.5) is 23.7 Å².